The molecule has 0 atom stereocenters. The molecule has 1 amide bonds. The van der Waals surface area contributed by atoms with Crippen LogP contribution in [0, 0.1) is 2.88 Å². The van der Waals surface area contributed by atoms with Gasteiger partial charge in [0.25, 0.3) is 5.91 Å². The number of rotatable bonds is 3. The third kappa shape index (κ3) is 3.12. The van der Waals surface area contributed by atoms with Crippen molar-refractivity contribution in [3.63, 3.8) is 0 Å². The van der Waals surface area contributed by atoms with E-state index in [1.807, 2.05) is 17.5 Å². The van der Waals surface area contributed by atoms with Crippen LogP contribution in [-0.4, -0.2) is 15.5 Å². The van der Waals surface area contributed by atoms with Crippen LogP contribution in [-0.2, 0) is 0 Å². The number of thiophene rings is 1. The zero-order valence-corrected chi connectivity index (χ0v) is 14.3. The summed E-state index contributed by atoms with van der Waals surface area (Å²) in [6, 6.07) is 7.24. The van der Waals surface area contributed by atoms with Crippen LogP contribution in [0.2, 0.25) is 5.02 Å². The topological polar surface area (TPSA) is 46.9 Å². The van der Waals surface area contributed by atoms with E-state index < -0.39 is 0 Å². The van der Waals surface area contributed by atoms with Gasteiger partial charge < -0.3 is 9.88 Å². The van der Waals surface area contributed by atoms with Gasteiger partial charge in [0.15, 0.2) is 0 Å². The quantitative estimate of drug-likeness (QED) is 0.626. The molecule has 0 bridgehead atoms. The van der Waals surface area contributed by atoms with E-state index in [4.69, 9.17) is 11.6 Å². The number of aromatic nitrogens is 2. The fourth-order valence-electron chi connectivity index (χ4n) is 1.89. The van der Waals surface area contributed by atoms with Gasteiger partial charge in [0.2, 0.25) is 0 Å². The maximum Gasteiger partial charge on any atom is 0.256 e. The SMILES string of the molecule is O=C(Nc1cccc(Cl)c1-n1ccnc1)c1csc(I)c1. The molecule has 0 aliphatic heterocycles. The predicted octanol–water partition coefficient (Wildman–Crippen LogP) is 4.44. The van der Waals surface area contributed by atoms with Crippen molar-refractivity contribution >= 4 is 57.1 Å². The van der Waals surface area contributed by atoms with Crippen molar-refractivity contribution in [3.05, 3.63) is 61.8 Å². The standard InChI is InChI=1S/C14H9ClIN3OS/c15-10-2-1-3-11(13(10)19-5-4-17-8-19)18-14(20)9-6-12(16)21-7-9/h1-8H,(H,18,20). The maximum absolute atomic E-state index is 12.3. The number of halogens is 2. The number of imidazole rings is 1. The Morgan fingerprint density at radius 3 is 2.95 bits per heavy atom. The molecule has 106 valence electrons. The lowest BCUT2D eigenvalue weighted by Gasteiger charge is -2.12. The first-order valence-electron chi connectivity index (χ1n) is 5.97. The second-order valence-electron chi connectivity index (χ2n) is 4.20. The molecule has 4 nitrogen and oxygen atoms in total. The van der Waals surface area contributed by atoms with Gasteiger partial charge in [0.1, 0.15) is 0 Å². The van der Waals surface area contributed by atoms with Gasteiger partial charge in [-0.3, -0.25) is 4.79 Å². The van der Waals surface area contributed by atoms with Crippen LogP contribution in [0.15, 0.2) is 48.4 Å². The normalized spacial score (nSPS) is 10.6. The molecule has 0 unspecified atom stereocenters. The number of nitrogens with one attached hydrogen (secondary N) is 1. The van der Waals surface area contributed by atoms with Crippen LogP contribution in [0.3, 0.4) is 0 Å². The molecule has 21 heavy (non-hydrogen) atoms. The highest BCUT2D eigenvalue weighted by Gasteiger charge is 2.13. The summed E-state index contributed by atoms with van der Waals surface area (Å²) >= 11 is 9.98. The molecule has 2 aromatic heterocycles. The molecule has 0 saturated carbocycles. The van der Waals surface area contributed by atoms with Crippen LogP contribution in [0.5, 0.6) is 0 Å². The fourth-order valence-corrected chi connectivity index (χ4v) is 3.49. The molecule has 7 heteroatoms. The first-order chi connectivity index (χ1) is 10.1. The summed E-state index contributed by atoms with van der Waals surface area (Å²) in [5, 5.41) is 5.28. The lowest BCUT2D eigenvalue weighted by Crippen LogP contribution is -2.13. The van der Waals surface area contributed by atoms with Crippen molar-refractivity contribution in [2.45, 2.75) is 0 Å². The molecular formula is C14H9ClIN3OS. The van der Waals surface area contributed by atoms with Crippen LogP contribution in [0.4, 0.5) is 5.69 Å². The second-order valence-corrected chi connectivity index (χ2v) is 7.41. The molecule has 3 rings (SSSR count). The van der Waals surface area contributed by atoms with Gasteiger partial charge in [-0.25, -0.2) is 4.98 Å². The van der Waals surface area contributed by atoms with E-state index >= 15 is 0 Å². The fraction of sp³-hybridized carbons (Fsp3) is 0. The Bertz CT molecular complexity index is 785. The molecule has 1 aromatic carbocycles. The minimum absolute atomic E-state index is 0.155. The summed E-state index contributed by atoms with van der Waals surface area (Å²) in [4.78, 5) is 16.3. The highest BCUT2D eigenvalue weighted by Crippen LogP contribution is 2.29. The highest BCUT2D eigenvalue weighted by atomic mass is 127. The number of anilines is 1. The van der Waals surface area contributed by atoms with Crippen molar-refractivity contribution in [1.82, 2.24) is 9.55 Å². The van der Waals surface area contributed by atoms with E-state index in [1.165, 1.54) is 11.3 Å². The largest absolute Gasteiger partial charge is 0.320 e. The zero-order chi connectivity index (χ0) is 14.8. The molecule has 2 heterocycles. The van der Waals surface area contributed by atoms with Crippen molar-refractivity contribution in [3.8, 4) is 5.69 Å². The Labute approximate surface area is 143 Å². The summed E-state index contributed by atoms with van der Waals surface area (Å²) in [7, 11) is 0. The third-order valence-corrected chi connectivity index (χ3v) is 4.92. The summed E-state index contributed by atoms with van der Waals surface area (Å²) in [6.07, 6.45) is 5.09. The van der Waals surface area contributed by atoms with E-state index in [0.717, 1.165) is 2.88 Å². The minimum Gasteiger partial charge on any atom is -0.320 e. The Hall–Kier alpha value is -1.38. The van der Waals surface area contributed by atoms with Crippen LogP contribution < -0.4 is 5.32 Å². The maximum atomic E-state index is 12.3. The summed E-state index contributed by atoms with van der Waals surface area (Å²) < 4.78 is 2.84. The molecule has 0 spiro atoms. The lowest BCUT2D eigenvalue weighted by atomic mass is 10.2. The van der Waals surface area contributed by atoms with Gasteiger partial charge >= 0.3 is 0 Å². The summed E-state index contributed by atoms with van der Waals surface area (Å²) in [5.41, 5.74) is 1.99. The van der Waals surface area contributed by atoms with E-state index in [0.29, 0.717) is 22.0 Å². The number of carbonyl (C=O) groups is 1. The van der Waals surface area contributed by atoms with Crippen molar-refractivity contribution in [2.24, 2.45) is 0 Å². The van der Waals surface area contributed by atoms with Gasteiger partial charge in [-0.05, 0) is 40.8 Å². The molecule has 0 aliphatic rings. The highest BCUT2D eigenvalue weighted by molar-refractivity contribution is 14.1. The Kier molecular flexibility index (Phi) is 4.27. The number of para-hydroxylation sites is 1. The molecule has 0 fully saturated rings. The average Bonchev–Trinajstić information content (AvgIpc) is 3.10. The number of hydrogen-bond acceptors (Lipinski definition) is 3. The van der Waals surface area contributed by atoms with Gasteiger partial charge in [0, 0.05) is 17.8 Å². The van der Waals surface area contributed by atoms with Crippen LogP contribution in [0.25, 0.3) is 5.69 Å². The predicted molar refractivity (Wildman–Crippen MR) is 93.6 cm³/mol. The molecule has 0 radical (unpaired) electrons. The van der Waals surface area contributed by atoms with Crippen molar-refractivity contribution in [2.75, 3.05) is 5.32 Å². The van der Waals surface area contributed by atoms with E-state index in [1.54, 1.807) is 35.4 Å². The van der Waals surface area contributed by atoms with Crippen molar-refractivity contribution < 1.29 is 4.79 Å². The average molecular weight is 430 g/mol. The van der Waals surface area contributed by atoms with E-state index in [9.17, 15) is 4.79 Å². The van der Waals surface area contributed by atoms with Gasteiger partial charge in [0.05, 0.1) is 31.2 Å². The van der Waals surface area contributed by atoms with Gasteiger partial charge in [-0.2, -0.15) is 0 Å². The number of amides is 1. The molecule has 0 aliphatic carbocycles. The van der Waals surface area contributed by atoms with E-state index in [2.05, 4.69) is 32.9 Å². The number of nitrogens with zero attached hydrogens (tertiary/aromatic N) is 2. The minimum atomic E-state index is -0.155. The number of hydrogen-bond donors (Lipinski definition) is 1. The number of benzene rings is 1. The first kappa shape index (κ1) is 14.6. The lowest BCUT2D eigenvalue weighted by molar-refractivity contribution is 0.102. The molecule has 0 saturated heterocycles. The third-order valence-electron chi connectivity index (χ3n) is 2.83. The molecule has 3 aromatic rings. The Balaban J connectivity index is 1.96. The van der Waals surface area contributed by atoms with Gasteiger partial charge in [-0.1, -0.05) is 17.7 Å². The first-order valence-corrected chi connectivity index (χ1v) is 8.31. The molecule has 1 N–H and O–H groups in total. The Morgan fingerprint density at radius 1 is 1.43 bits per heavy atom. The smallest absolute Gasteiger partial charge is 0.256 e. The number of carbonyl (C=O) groups excluding carboxylic acids is 1. The van der Waals surface area contributed by atoms with Crippen LogP contribution in [0.1, 0.15) is 10.4 Å². The monoisotopic (exact) mass is 429 g/mol. The van der Waals surface area contributed by atoms with E-state index in [-0.39, 0.29) is 5.91 Å². The van der Waals surface area contributed by atoms with Crippen molar-refractivity contribution in [1.29, 1.82) is 0 Å². The second kappa shape index (κ2) is 6.17. The Morgan fingerprint density at radius 2 is 2.29 bits per heavy atom. The summed E-state index contributed by atoms with van der Waals surface area (Å²) in [6.45, 7) is 0. The van der Waals surface area contributed by atoms with Gasteiger partial charge in [-0.15, -0.1) is 11.3 Å². The zero-order valence-electron chi connectivity index (χ0n) is 10.6. The van der Waals surface area contributed by atoms with Crippen LogP contribution >= 0.6 is 45.5 Å². The molecular weight excluding hydrogens is 421 g/mol. The summed E-state index contributed by atoms with van der Waals surface area (Å²) in [5.74, 6) is -0.155.